The van der Waals surface area contributed by atoms with E-state index in [-0.39, 0.29) is 12.3 Å². The highest BCUT2D eigenvalue weighted by molar-refractivity contribution is 6.03. The fourth-order valence-corrected chi connectivity index (χ4v) is 1.80. The van der Waals surface area contributed by atoms with E-state index < -0.39 is 5.97 Å². The molecule has 1 aromatic rings. The first kappa shape index (κ1) is 15.0. The molecule has 104 valence electrons. The Balaban J connectivity index is 2.99. The molecule has 0 aliphatic heterocycles. The Morgan fingerprint density at radius 2 is 1.79 bits per heavy atom. The van der Waals surface area contributed by atoms with Gasteiger partial charge in [-0.25, -0.2) is 0 Å². The molecular weight excluding hydrogens is 246 g/mol. The third-order valence-corrected chi connectivity index (χ3v) is 2.97. The first-order valence-electron chi connectivity index (χ1n) is 5.89. The van der Waals surface area contributed by atoms with Crippen LogP contribution in [-0.4, -0.2) is 33.1 Å². The van der Waals surface area contributed by atoms with Crippen LogP contribution in [0.1, 0.15) is 17.5 Å². The van der Waals surface area contributed by atoms with Gasteiger partial charge in [-0.3, -0.25) is 9.59 Å². The molecule has 0 saturated carbocycles. The molecule has 1 aromatic carbocycles. The molecule has 1 amide bonds. The Hall–Kier alpha value is -2.04. The monoisotopic (exact) mass is 265 g/mol. The van der Waals surface area contributed by atoms with Crippen LogP contribution in [0, 0.1) is 13.8 Å². The predicted octanol–water partition coefficient (Wildman–Crippen LogP) is 1.84. The van der Waals surface area contributed by atoms with Gasteiger partial charge < -0.3 is 14.4 Å². The van der Waals surface area contributed by atoms with Crippen LogP contribution in [0.3, 0.4) is 0 Å². The van der Waals surface area contributed by atoms with Gasteiger partial charge >= 0.3 is 5.97 Å². The van der Waals surface area contributed by atoms with Crippen molar-refractivity contribution in [3.05, 3.63) is 23.3 Å². The Labute approximate surface area is 113 Å². The van der Waals surface area contributed by atoms with E-state index in [9.17, 15) is 9.59 Å². The smallest absolute Gasteiger partial charge is 0.315 e. The number of nitrogens with zero attached hydrogens (tertiary/aromatic N) is 1. The van der Waals surface area contributed by atoms with E-state index in [1.54, 1.807) is 14.2 Å². The minimum atomic E-state index is -0.542. The van der Waals surface area contributed by atoms with E-state index in [0.29, 0.717) is 0 Å². The van der Waals surface area contributed by atoms with Gasteiger partial charge in [-0.05, 0) is 37.1 Å². The van der Waals surface area contributed by atoms with E-state index in [0.717, 1.165) is 22.6 Å². The van der Waals surface area contributed by atoms with Crippen molar-refractivity contribution < 1.29 is 19.1 Å². The van der Waals surface area contributed by atoms with Gasteiger partial charge in [0.2, 0.25) is 5.91 Å². The van der Waals surface area contributed by atoms with Crippen molar-refractivity contribution in [3.8, 4) is 5.75 Å². The Morgan fingerprint density at radius 1 is 1.16 bits per heavy atom. The van der Waals surface area contributed by atoms with Gasteiger partial charge in [0.25, 0.3) is 0 Å². The molecule has 0 radical (unpaired) electrons. The summed E-state index contributed by atoms with van der Waals surface area (Å²) in [5.41, 5.74) is 2.59. The van der Waals surface area contributed by atoms with Crippen molar-refractivity contribution >= 4 is 17.6 Å². The van der Waals surface area contributed by atoms with E-state index in [2.05, 4.69) is 4.74 Å². The second kappa shape index (κ2) is 6.22. The lowest BCUT2D eigenvalue weighted by Crippen LogP contribution is -2.29. The zero-order valence-corrected chi connectivity index (χ0v) is 11.9. The van der Waals surface area contributed by atoms with Crippen LogP contribution in [0.2, 0.25) is 0 Å². The number of ether oxygens (including phenoxy) is 2. The average Bonchev–Trinajstić information content (AvgIpc) is 2.39. The summed E-state index contributed by atoms with van der Waals surface area (Å²) in [6, 6.07) is 3.73. The molecule has 0 heterocycles. The van der Waals surface area contributed by atoms with Crippen LogP contribution in [-0.2, 0) is 14.3 Å². The molecule has 19 heavy (non-hydrogen) atoms. The number of benzene rings is 1. The molecule has 0 aliphatic rings. The summed E-state index contributed by atoms with van der Waals surface area (Å²) < 4.78 is 9.72. The first-order chi connectivity index (χ1) is 8.90. The van der Waals surface area contributed by atoms with Crippen LogP contribution in [0.25, 0.3) is 0 Å². The third-order valence-electron chi connectivity index (χ3n) is 2.97. The summed E-state index contributed by atoms with van der Waals surface area (Å²) in [6.45, 7) is 3.79. The molecule has 0 unspecified atom stereocenters. The maximum Gasteiger partial charge on any atom is 0.315 e. The number of amides is 1. The number of rotatable bonds is 4. The summed E-state index contributed by atoms with van der Waals surface area (Å²) in [6.07, 6.45) is -0.266. The lowest BCUT2D eigenvalue weighted by Gasteiger charge is -2.20. The van der Waals surface area contributed by atoms with Crippen molar-refractivity contribution in [1.29, 1.82) is 0 Å². The molecule has 0 aliphatic carbocycles. The molecule has 5 heteroatoms. The highest BCUT2D eigenvalue weighted by atomic mass is 16.5. The SMILES string of the molecule is COC(=O)CC(=O)N(C)c1cc(C)c(OC)cc1C. The van der Waals surface area contributed by atoms with Crippen LogP contribution in [0.5, 0.6) is 5.75 Å². The number of esters is 1. The lowest BCUT2D eigenvalue weighted by atomic mass is 10.1. The molecule has 0 fully saturated rings. The molecule has 1 rings (SSSR count). The number of aryl methyl sites for hydroxylation is 2. The van der Waals surface area contributed by atoms with E-state index >= 15 is 0 Å². The fourth-order valence-electron chi connectivity index (χ4n) is 1.80. The van der Waals surface area contributed by atoms with Crippen molar-refractivity contribution in [2.75, 3.05) is 26.2 Å². The van der Waals surface area contributed by atoms with Crippen LogP contribution < -0.4 is 9.64 Å². The summed E-state index contributed by atoms with van der Waals surface area (Å²) in [7, 11) is 4.51. The molecular formula is C14H19NO4. The standard InChI is InChI=1S/C14H19NO4/c1-9-7-12(18-4)10(2)6-11(9)15(3)13(16)8-14(17)19-5/h6-7H,8H2,1-5H3. The molecule has 0 atom stereocenters. The topological polar surface area (TPSA) is 55.8 Å². The largest absolute Gasteiger partial charge is 0.496 e. The quantitative estimate of drug-likeness (QED) is 0.615. The van der Waals surface area contributed by atoms with Crippen molar-refractivity contribution in [2.45, 2.75) is 20.3 Å². The minimum absolute atomic E-state index is 0.266. The van der Waals surface area contributed by atoms with E-state index in [1.807, 2.05) is 26.0 Å². The van der Waals surface area contributed by atoms with Gasteiger partial charge in [-0.2, -0.15) is 0 Å². The molecule has 0 bridgehead atoms. The van der Waals surface area contributed by atoms with E-state index in [1.165, 1.54) is 12.0 Å². The van der Waals surface area contributed by atoms with Crippen molar-refractivity contribution in [3.63, 3.8) is 0 Å². The van der Waals surface area contributed by atoms with Gasteiger partial charge in [-0.1, -0.05) is 0 Å². The summed E-state index contributed by atoms with van der Waals surface area (Å²) >= 11 is 0. The maximum absolute atomic E-state index is 11.9. The molecule has 0 spiro atoms. The number of hydrogen-bond acceptors (Lipinski definition) is 4. The third kappa shape index (κ3) is 3.47. The highest BCUT2D eigenvalue weighted by Crippen LogP contribution is 2.28. The van der Waals surface area contributed by atoms with Gasteiger partial charge in [0, 0.05) is 12.7 Å². The summed E-state index contributed by atoms with van der Waals surface area (Å²) in [5, 5.41) is 0. The number of carbonyl (C=O) groups excluding carboxylic acids is 2. The normalized spacial score (nSPS) is 9.95. The van der Waals surface area contributed by atoms with Crippen molar-refractivity contribution in [1.82, 2.24) is 0 Å². The van der Waals surface area contributed by atoms with Gasteiger partial charge in [0.1, 0.15) is 12.2 Å². The number of methoxy groups -OCH3 is 2. The molecule has 5 nitrogen and oxygen atoms in total. The van der Waals surface area contributed by atoms with Gasteiger partial charge in [0.15, 0.2) is 0 Å². The van der Waals surface area contributed by atoms with Crippen molar-refractivity contribution in [2.24, 2.45) is 0 Å². The molecule has 0 saturated heterocycles. The first-order valence-corrected chi connectivity index (χ1v) is 5.89. The second-order valence-electron chi connectivity index (χ2n) is 4.31. The number of anilines is 1. The van der Waals surface area contributed by atoms with Crippen LogP contribution >= 0.6 is 0 Å². The lowest BCUT2D eigenvalue weighted by molar-refractivity contribution is -0.143. The van der Waals surface area contributed by atoms with E-state index in [4.69, 9.17) is 4.74 Å². The minimum Gasteiger partial charge on any atom is -0.496 e. The zero-order valence-electron chi connectivity index (χ0n) is 11.9. The maximum atomic E-state index is 11.9. The van der Waals surface area contributed by atoms with Crippen LogP contribution in [0.4, 0.5) is 5.69 Å². The van der Waals surface area contributed by atoms with Crippen LogP contribution in [0.15, 0.2) is 12.1 Å². The predicted molar refractivity (Wildman–Crippen MR) is 72.5 cm³/mol. The summed E-state index contributed by atoms with van der Waals surface area (Å²) in [5.74, 6) is -0.0747. The van der Waals surface area contributed by atoms with Gasteiger partial charge in [0.05, 0.1) is 14.2 Å². The summed E-state index contributed by atoms with van der Waals surface area (Å²) in [4.78, 5) is 24.5. The number of carbonyl (C=O) groups is 2. The molecule has 0 N–H and O–H groups in total. The average molecular weight is 265 g/mol. The Kier molecular flexibility index (Phi) is 4.92. The second-order valence-corrected chi connectivity index (χ2v) is 4.31. The van der Waals surface area contributed by atoms with Gasteiger partial charge in [-0.15, -0.1) is 0 Å². The highest BCUT2D eigenvalue weighted by Gasteiger charge is 2.18. The fraction of sp³-hybridized carbons (Fsp3) is 0.429. The zero-order chi connectivity index (χ0) is 14.6. The molecule has 0 aromatic heterocycles. The Bertz CT molecular complexity index is 496. The number of hydrogen-bond donors (Lipinski definition) is 0. The Morgan fingerprint density at radius 3 is 2.32 bits per heavy atom.